The first-order chi connectivity index (χ1) is 11.1. The Balaban J connectivity index is 2.29. The van der Waals surface area contributed by atoms with E-state index < -0.39 is 26.7 Å². The molecule has 24 heavy (non-hydrogen) atoms. The summed E-state index contributed by atoms with van der Waals surface area (Å²) in [5.74, 6) is 0.567. The van der Waals surface area contributed by atoms with Gasteiger partial charge < -0.3 is 4.74 Å². The van der Waals surface area contributed by atoms with Crippen LogP contribution in [0.5, 0.6) is 5.75 Å². The lowest BCUT2D eigenvalue weighted by Crippen LogP contribution is -2.26. The van der Waals surface area contributed by atoms with Crippen molar-refractivity contribution in [1.29, 1.82) is 0 Å². The molecule has 0 radical (unpaired) electrons. The zero-order chi connectivity index (χ0) is 18.0. The van der Waals surface area contributed by atoms with Gasteiger partial charge in [-0.1, -0.05) is 18.2 Å². The highest BCUT2D eigenvalue weighted by atomic mass is 32.2. The van der Waals surface area contributed by atoms with Crippen molar-refractivity contribution < 1.29 is 26.3 Å². The molecule has 130 valence electrons. The summed E-state index contributed by atoms with van der Waals surface area (Å²) >= 11 is 0. The Kier molecular flexibility index (Phi) is 5.19. The molecule has 8 heteroatoms. The van der Waals surface area contributed by atoms with Gasteiger partial charge in [0.25, 0.3) is 0 Å². The predicted molar refractivity (Wildman–Crippen MR) is 83.1 cm³/mol. The van der Waals surface area contributed by atoms with Crippen molar-refractivity contribution >= 4 is 10.0 Å². The summed E-state index contributed by atoms with van der Waals surface area (Å²) in [5.41, 5.74) is -0.342. The van der Waals surface area contributed by atoms with Gasteiger partial charge in [0, 0.05) is 13.6 Å². The highest BCUT2D eigenvalue weighted by Gasteiger charge is 2.32. The molecule has 0 bridgehead atoms. The monoisotopic (exact) mass is 359 g/mol. The molecule has 2 aromatic rings. The molecule has 0 aliphatic carbocycles. The second kappa shape index (κ2) is 6.82. The zero-order valence-electron chi connectivity index (χ0n) is 13.0. The van der Waals surface area contributed by atoms with E-state index in [4.69, 9.17) is 4.74 Å². The van der Waals surface area contributed by atoms with E-state index in [2.05, 4.69) is 0 Å². The molecular formula is C16H16F3NO3S. The Morgan fingerprint density at radius 3 is 2.38 bits per heavy atom. The molecule has 2 aromatic carbocycles. The molecule has 0 aromatic heterocycles. The van der Waals surface area contributed by atoms with E-state index in [1.165, 1.54) is 14.2 Å². The largest absolute Gasteiger partial charge is 0.497 e. The fourth-order valence-electron chi connectivity index (χ4n) is 2.13. The minimum absolute atomic E-state index is 0.00970. The maximum absolute atomic E-state index is 12.8. The first-order valence-electron chi connectivity index (χ1n) is 6.91. The predicted octanol–water partition coefficient (Wildman–Crippen LogP) is 3.53. The number of rotatable bonds is 5. The van der Waals surface area contributed by atoms with Crippen molar-refractivity contribution in [2.24, 2.45) is 0 Å². The van der Waals surface area contributed by atoms with Gasteiger partial charge in [0.1, 0.15) is 5.75 Å². The van der Waals surface area contributed by atoms with E-state index in [1.54, 1.807) is 24.3 Å². The zero-order valence-corrected chi connectivity index (χ0v) is 13.9. The maximum Gasteiger partial charge on any atom is 0.416 e. The Hall–Kier alpha value is -2.06. The van der Waals surface area contributed by atoms with Crippen LogP contribution in [0.25, 0.3) is 0 Å². The quantitative estimate of drug-likeness (QED) is 0.820. The van der Waals surface area contributed by atoms with Crippen LogP contribution in [0.1, 0.15) is 11.1 Å². The fourth-order valence-corrected chi connectivity index (χ4v) is 3.33. The van der Waals surface area contributed by atoms with E-state index in [-0.39, 0.29) is 6.54 Å². The number of hydrogen-bond donors (Lipinski definition) is 0. The minimum Gasteiger partial charge on any atom is -0.497 e. The molecule has 0 atom stereocenters. The molecule has 0 unspecified atom stereocenters. The third kappa shape index (κ3) is 4.07. The summed E-state index contributed by atoms with van der Waals surface area (Å²) in [7, 11) is -1.24. The lowest BCUT2D eigenvalue weighted by atomic mass is 10.2. The van der Waals surface area contributed by atoms with Gasteiger partial charge in [-0.25, -0.2) is 8.42 Å². The van der Waals surface area contributed by atoms with Crippen LogP contribution in [0.15, 0.2) is 53.4 Å². The van der Waals surface area contributed by atoms with Gasteiger partial charge in [-0.05, 0) is 35.9 Å². The molecule has 0 aliphatic heterocycles. The Bertz CT molecular complexity index is 819. The Morgan fingerprint density at radius 1 is 1.08 bits per heavy atom. The minimum atomic E-state index is -4.60. The molecular weight excluding hydrogens is 343 g/mol. The van der Waals surface area contributed by atoms with E-state index in [0.29, 0.717) is 17.4 Å². The molecule has 0 aliphatic rings. The number of alkyl halides is 3. The summed E-state index contributed by atoms with van der Waals surface area (Å²) in [5, 5.41) is 0. The smallest absolute Gasteiger partial charge is 0.416 e. The van der Waals surface area contributed by atoms with Crippen molar-refractivity contribution in [1.82, 2.24) is 4.31 Å². The third-order valence-electron chi connectivity index (χ3n) is 3.41. The fraction of sp³-hybridized carbons (Fsp3) is 0.250. The van der Waals surface area contributed by atoms with E-state index in [9.17, 15) is 21.6 Å². The van der Waals surface area contributed by atoms with Crippen molar-refractivity contribution in [2.45, 2.75) is 17.6 Å². The van der Waals surface area contributed by atoms with Gasteiger partial charge in [0.2, 0.25) is 10.0 Å². The standard InChI is InChI=1S/C16H16F3NO3S/c1-20(11-12-5-3-7-14(9-12)23-2)24(21,22)15-8-4-6-13(10-15)16(17,18)19/h3-10H,11H2,1-2H3. The SMILES string of the molecule is COc1cccc(CN(C)S(=O)(=O)c2cccc(C(F)(F)F)c2)c1. The van der Waals surface area contributed by atoms with Crippen LogP contribution in [0.3, 0.4) is 0 Å². The van der Waals surface area contributed by atoms with Crippen LogP contribution in [0.2, 0.25) is 0 Å². The number of halogens is 3. The lowest BCUT2D eigenvalue weighted by molar-refractivity contribution is -0.137. The van der Waals surface area contributed by atoms with E-state index in [0.717, 1.165) is 22.5 Å². The van der Waals surface area contributed by atoms with Crippen LogP contribution in [-0.2, 0) is 22.7 Å². The van der Waals surface area contributed by atoms with Crippen molar-refractivity contribution in [3.8, 4) is 5.75 Å². The van der Waals surface area contributed by atoms with Crippen LogP contribution >= 0.6 is 0 Å². The molecule has 0 fully saturated rings. The summed E-state index contributed by atoms with van der Waals surface area (Å²) in [6, 6.07) is 10.5. The summed E-state index contributed by atoms with van der Waals surface area (Å²) in [6.45, 7) is 0.00970. The van der Waals surface area contributed by atoms with Crippen molar-refractivity contribution in [3.63, 3.8) is 0 Å². The Morgan fingerprint density at radius 2 is 1.75 bits per heavy atom. The first-order valence-corrected chi connectivity index (χ1v) is 8.35. The molecule has 0 spiro atoms. The first kappa shape index (κ1) is 18.3. The third-order valence-corrected chi connectivity index (χ3v) is 5.21. The average Bonchev–Trinajstić information content (AvgIpc) is 2.54. The molecule has 0 heterocycles. The summed E-state index contributed by atoms with van der Waals surface area (Å²) < 4.78 is 69.4. The normalized spacial score (nSPS) is 12.4. The topological polar surface area (TPSA) is 46.6 Å². The van der Waals surface area contributed by atoms with E-state index in [1.807, 2.05) is 0 Å². The molecule has 0 saturated heterocycles. The summed E-state index contributed by atoms with van der Waals surface area (Å²) in [4.78, 5) is -0.400. The van der Waals surface area contributed by atoms with Crippen molar-refractivity contribution in [2.75, 3.05) is 14.2 Å². The van der Waals surface area contributed by atoms with Gasteiger partial charge in [0.15, 0.2) is 0 Å². The van der Waals surface area contributed by atoms with Crippen LogP contribution < -0.4 is 4.74 Å². The molecule has 0 amide bonds. The van der Waals surface area contributed by atoms with E-state index >= 15 is 0 Å². The number of ether oxygens (including phenoxy) is 1. The summed E-state index contributed by atoms with van der Waals surface area (Å²) in [6.07, 6.45) is -4.60. The van der Waals surface area contributed by atoms with Crippen molar-refractivity contribution in [3.05, 3.63) is 59.7 Å². The van der Waals surface area contributed by atoms with Gasteiger partial charge in [0.05, 0.1) is 17.6 Å². The molecule has 2 rings (SSSR count). The van der Waals surface area contributed by atoms with Gasteiger partial charge in [-0.15, -0.1) is 0 Å². The maximum atomic E-state index is 12.8. The van der Waals surface area contributed by atoms with Crippen LogP contribution in [0, 0.1) is 0 Å². The number of sulfonamides is 1. The van der Waals surface area contributed by atoms with Gasteiger partial charge in [-0.3, -0.25) is 0 Å². The molecule has 0 N–H and O–H groups in total. The molecule has 4 nitrogen and oxygen atoms in total. The average molecular weight is 359 g/mol. The second-order valence-electron chi connectivity index (χ2n) is 5.14. The molecule has 0 saturated carbocycles. The Labute approximate surface area is 138 Å². The number of benzene rings is 2. The van der Waals surface area contributed by atoms with Gasteiger partial charge >= 0.3 is 6.18 Å². The van der Waals surface area contributed by atoms with Gasteiger partial charge in [-0.2, -0.15) is 17.5 Å². The number of nitrogens with zero attached hydrogens (tertiary/aromatic N) is 1. The van der Waals surface area contributed by atoms with Crippen LogP contribution in [-0.4, -0.2) is 26.9 Å². The highest BCUT2D eigenvalue weighted by molar-refractivity contribution is 7.89. The number of hydrogen-bond acceptors (Lipinski definition) is 3. The van der Waals surface area contributed by atoms with Crippen LogP contribution in [0.4, 0.5) is 13.2 Å². The highest BCUT2D eigenvalue weighted by Crippen LogP contribution is 2.31. The number of methoxy groups -OCH3 is 1. The lowest BCUT2D eigenvalue weighted by Gasteiger charge is -2.18. The second-order valence-corrected chi connectivity index (χ2v) is 7.18.